The van der Waals surface area contributed by atoms with Crippen LogP contribution in [0.1, 0.15) is 56.8 Å². The molecule has 2 aromatic rings. The van der Waals surface area contributed by atoms with Crippen LogP contribution in [0.25, 0.3) is 0 Å². The van der Waals surface area contributed by atoms with Gasteiger partial charge in [0, 0.05) is 19.0 Å². The largest absolute Gasteiger partial charge is 0.494 e. The molecule has 1 aliphatic heterocycles. The van der Waals surface area contributed by atoms with Crippen LogP contribution in [0, 0.1) is 12.8 Å². The summed E-state index contributed by atoms with van der Waals surface area (Å²) >= 11 is 0. The zero-order valence-electron chi connectivity index (χ0n) is 16.1. The van der Waals surface area contributed by atoms with Gasteiger partial charge in [0.1, 0.15) is 13.6 Å². The first kappa shape index (κ1) is 18.8. The molecule has 0 N–H and O–H groups in total. The molecular formula is C20H28BN3O2. The minimum Gasteiger partial charge on any atom is -0.494 e. The van der Waals surface area contributed by atoms with Crippen LogP contribution in [-0.2, 0) is 0 Å². The maximum atomic E-state index is 5.85. The molecule has 1 aliphatic rings. The molecule has 1 saturated heterocycles. The number of anilines is 1. The molecule has 0 aliphatic carbocycles. The maximum Gasteiger partial charge on any atom is 0.324 e. The van der Waals surface area contributed by atoms with E-state index in [1.165, 1.54) is 19.3 Å². The third-order valence-corrected chi connectivity index (χ3v) is 5.10. The Hall–Kier alpha value is -1.98. The number of piperidine rings is 1. The van der Waals surface area contributed by atoms with E-state index in [1.54, 1.807) is 0 Å². The fourth-order valence-corrected chi connectivity index (χ4v) is 3.30. The molecule has 0 atom stereocenters. The first-order valence-electron chi connectivity index (χ1n) is 9.60. The van der Waals surface area contributed by atoms with E-state index in [-0.39, 0.29) is 0 Å². The highest BCUT2D eigenvalue weighted by Crippen LogP contribution is 2.26. The lowest BCUT2D eigenvalue weighted by Crippen LogP contribution is -2.34. The van der Waals surface area contributed by atoms with Crippen molar-refractivity contribution in [2.75, 3.05) is 24.6 Å². The Bertz CT molecular complexity index is 709. The summed E-state index contributed by atoms with van der Waals surface area (Å²) in [4.78, 5) is 6.71. The van der Waals surface area contributed by atoms with Gasteiger partial charge in [0.25, 0.3) is 0 Å². The van der Waals surface area contributed by atoms with Crippen LogP contribution in [0.3, 0.4) is 0 Å². The van der Waals surface area contributed by atoms with Gasteiger partial charge in [-0.05, 0) is 50.7 Å². The van der Waals surface area contributed by atoms with Crippen molar-refractivity contribution in [3.8, 4) is 5.75 Å². The first-order valence-corrected chi connectivity index (χ1v) is 9.60. The van der Waals surface area contributed by atoms with E-state index < -0.39 is 0 Å². The van der Waals surface area contributed by atoms with Gasteiger partial charge in [-0.15, -0.1) is 0 Å². The second-order valence-corrected chi connectivity index (χ2v) is 7.53. The molecule has 2 radical (unpaired) electrons. The first-order chi connectivity index (χ1) is 12.5. The Morgan fingerprint density at radius 3 is 2.73 bits per heavy atom. The average molecular weight is 353 g/mol. The second kappa shape index (κ2) is 8.61. The van der Waals surface area contributed by atoms with Crippen molar-refractivity contribution in [3.05, 3.63) is 29.6 Å². The number of benzene rings is 1. The molecule has 3 rings (SSSR count). The Labute approximate surface area is 157 Å². The Kier molecular flexibility index (Phi) is 6.22. The van der Waals surface area contributed by atoms with Gasteiger partial charge in [-0.1, -0.05) is 36.1 Å². The fraction of sp³-hybridized carbons (Fsp3) is 0.600. The molecule has 1 aromatic carbocycles. The lowest BCUT2D eigenvalue weighted by Gasteiger charge is -2.30. The Morgan fingerprint density at radius 1 is 1.31 bits per heavy atom. The summed E-state index contributed by atoms with van der Waals surface area (Å²) in [7, 11) is 5.84. The summed E-state index contributed by atoms with van der Waals surface area (Å²) in [6.45, 7) is 8.89. The van der Waals surface area contributed by atoms with Crippen LogP contribution in [-0.4, -0.2) is 37.7 Å². The van der Waals surface area contributed by atoms with Crippen molar-refractivity contribution in [1.29, 1.82) is 0 Å². The molecule has 0 spiro atoms. The van der Waals surface area contributed by atoms with Crippen LogP contribution >= 0.6 is 0 Å². The van der Waals surface area contributed by atoms with Crippen molar-refractivity contribution in [2.45, 2.75) is 52.4 Å². The van der Waals surface area contributed by atoms with Gasteiger partial charge in [0.2, 0.25) is 0 Å². The Balaban J connectivity index is 1.36. The Morgan fingerprint density at radius 2 is 2.08 bits per heavy atom. The molecule has 0 amide bonds. The third kappa shape index (κ3) is 4.80. The van der Waals surface area contributed by atoms with Crippen molar-refractivity contribution in [3.63, 3.8) is 0 Å². The lowest BCUT2D eigenvalue weighted by atomic mass is 9.91. The van der Waals surface area contributed by atoms with E-state index in [0.717, 1.165) is 54.6 Å². The lowest BCUT2D eigenvalue weighted by molar-refractivity contribution is 0.276. The SMILES string of the molecule is [B]c1ccc(OCCCC2CCN(c3nc(C(C)C)no3)CC2)cc1C. The number of aryl methyl sites for hydroxylation is 1. The van der Waals surface area contributed by atoms with E-state index in [1.807, 2.05) is 25.1 Å². The van der Waals surface area contributed by atoms with Gasteiger partial charge >= 0.3 is 6.01 Å². The quantitative estimate of drug-likeness (QED) is 0.564. The highest BCUT2D eigenvalue weighted by molar-refractivity contribution is 6.33. The number of ether oxygens (including phenoxy) is 1. The second-order valence-electron chi connectivity index (χ2n) is 7.53. The summed E-state index contributed by atoms with van der Waals surface area (Å²) in [5.41, 5.74) is 1.88. The minimum atomic E-state index is 0.301. The monoisotopic (exact) mass is 353 g/mol. The molecule has 1 aromatic heterocycles. The van der Waals surface area contributed by atoms with Gasteiger partial charge in [-0.2, -0.15) is 4.98 Å². The normalized spacial score (nSPS) is 15.6. The molecule has 0 unspecified atom stereocenters. The van der Waals surface area contributed by atoms with Crippen LogP contribution < -0.4 is 15.1 Å². The summed E-state index contributed by atoms with van der Waals surface area (Å²) in [6.07, 6.45) is 4.61. The summed E-state index contributed by atoms with van der Waals surface area (Å²) in [5, 5.41) is 4.06. The van der Waals surface area contributed by atoms with Gasteiger partial charge < -0.3 is 14.2 Å². The molecule has 0 saturated carbocycles. The van der Waals surface area contributed by atoms with Gasteiger partial charge in [0.15, 0.2) is 5.82 Å². The summed E-state index contributed by atoms with van der Waals surface area (Å²) in [6, 6.07) is 6.53. The molecule has 5 nitrogen and oxygen atoms in total. The van der Waals surface area contributed by atoms with E-state index in [0.29, 0.717) is 11.9 Å². The standard InChI is InChI=1S/C20H28BN3O2/c1-14(2)19-22-20(26-23-19)24-10-8-16(9-11-24)5-4-12-25-17-6-7-18(21)15(3)13-17/h6-7,13-14,16H,4-5,8-12H2,1-3H3. The number of aromatic nitrogens is 2. The van der Waals surface area contributed by atoms with Crippen molar-refractivity contribution in [2.24, 2.45) is 5.92 Å². The molecule has 1 fully saturated rings. The summed E-state index contributed by atoms with van der Waals surface area (Å²) in [5.74, 6) is 2.74. The topological polar surface area (TPSA) is 51.4 Å². The van der Waals surface area contributed by atoms with Crippen LogP contribution in [0.2, 0.25) is 0 Å². The zero-order chi connectivity index (χ0) is 18.5. The van der Waals surface area contributed by atoms with Crippen molar-refractivity contribution >= 4 is 19.3 Å². The van der Waals surface area contributed by atoms with E-state index in [2.05, 4.69) is 28.9 Å². The maximum absolute atomic E-state index is 5.85. The highest BCUT2D eigenvalue weighted by atomic mass is 16.5. The smallest absolute Gasteiger partial charge is 0.324 e. The summed E-state index contributed by atoms with van der Waals surface area (Å²) < 4.78 is 11.3. The molecule has 0 bridgehead atoms. The highest BCUT2D eigenvalue weighted by Gasteiger charge is 2.23. The fourth-order valence-electron chi connectivity index (χ4n) is 3.30. The molecule has 26 heavy (non-hydrogen) atoms. The zero-order valence-corrected chi connectivity index (χ0v) is 16.1. The molecular weight excluding hydrogens is 325 g/mol. The van der Waals surface area contributed by atoms with E-state index in [4.69, 9.17) is 17.1 Å². The number of rotatable bonds is 7. The van der Waals surface area contributed by atoms with Gasteiger partial charge in [-0.25, -0.2) is 0 Å². The number of hydrogen-bond acceptors (Lipinski definition) is 5. The molecule has 6 heteroatoms. The van der Waals surface area contributed by atoms with Crippen LogP contribution in [0.4, 0.5) is 6.01 Å². The van der Waals surface area contributed by atoms with E-state index >= 15 is 0 Å². The minimum absolute atomic E-state index is 0.301. The van der Waals surface area contributed by atoms with E-state index in [9.17, 15) is 0 Å². The number of nitrogens with zero attached hydrogens (tertiary/aromatic N) is 3. The third-order valence-electron chi connectivity index (χ3n) is 5.10. The van der Waals surface area contributed by atoms with Crippen LogP contribution in [0.5, 0.6) is 5.75 Å². The molecule has 138 valence electrons. The predicted molar refractivity (Wildman–Crippen MR) is 105 cm³/mol. The van der Waals surface area contributed by atoms with Gasteiger partial charge in [-0.3, -0.25) is 0 Å². The van der Waals surface area contributed by atoms with Gasteiger partial charge in [0.05, 0.1) is 6.61 Å². The average Bonchev–Trinajstić information content (AvgIpc) is 3.13. The number of hydrogen-bond donors (Lipinski definition) is 0. The van der Waals surface area contributed by atoms with Crippen molar-refractivity contribution in [1.82, 2.24) is 10.1 Å². The van der Waals surface area contributed by atoms with Crippen LogP contribution in [0.15, 0.2) is 22.7 Å². The van der Waals surface area contributed by atoms with Crippen molar-refractivity contribution < 1.29 is 9.26 Å². The predicted octanol–water partition coefficient (Wildman–Crippen LogP) is 3.37. The molecule has 2 heterocycles.